The number of carbonyl (C=O) groups is 2. The molecule has 0 aliphatic rings. The molecule has 0 saturated heterocycles. The van der Waals surface area contributed by atoms with Gasteiger partial charge >= 0.3 is 5.97 Å². The zero-order chi connectivity index (χ0) is 16.8. The summed E-state index contributed by atoms with van der Waals surface area (Å²) in [7, 11) is 0. The first-order valence-corrected chi connectivity index (χ1v) is 7.07. The van der Waals surface area contributed by atoms with Crippen molar-refractivity contribution in [2.75, 3.05) is 0 Å². The Morgan fingerprint density at radius 1 is 1.35 bits per heavy atom. The zero-order valence-corrected chi connectivity index (χ0v) is 12.8. The van der Waals surface area contributed by atoms with Crippen molar-refractivity contribution < 1.29 is 24.0 Å². The Bertz CT molecular complexity index is 681. The molecule has 0 aliphatic carbocycles. The van der Waals surface area contributed by atoms with Crippen LogP contribution < -0.4 is 10.1 Å². The standard InChI is InChI=1S/C15H17N3O5/c1-3-13-17-12(18-23-13)8-22-11-6-4-10(5-7-11)14(19)16-9(2)15(20)21/h4-7,9H,3,8H2,1-2H3,(H,16,19)(H,20,21)/t9-/m1/s1. The number of amides is 1. The first kappa shape index (κ1) is 16.5. The van der Waals surface area contributed by atoms with Gasteiger partial charge in [0, 0.05) is 12.0 Å². The lowest BCUT2D eigenvalue weighted by atomic mass is 10.2. The van der Waals surface area contributed by atoms with E-state index in [2.05, 4.69) is 15.5 Å². The minimum Gasteiger partial charge on any atom is -0.485 e. The van der Waals surface area contributed by atoms with Crippen LogP contribution in [0.3, 0.4) is 0 Å². The molecule has 0 unspecified atom stereocenters. The van der Waals surface area contributed by atoms with Crippen molar-refractivity contribution in [2.24, 2.45) is 0 Å². The number of hydrogen-bond acceptors (Lipinski definition) is 6. The van der Waals surface area contributed by atoms with Crippen molar-refractivity contribution in [3.8, 4) is 5.75 Å². The van der Waals surface area contributed by atoms with Crippen molar-refractivity contribution >= 4 is 11.9 Å². The van der Waals surface area contributed by atoms with E-state index in [1.807, 2.05) is 6.92 Å². The lowest BCUT2D eigenvalue weighted by Crippen LogP contribution is -2.38. The molecule has 1 aromatic carbocycles. The third-order valence-electron chi connectivity index (χ3n) is 3.02. The molecule has 1 amide bonds. The molecule has 2 aromatic rings. The van der Waals surface area contributed by atoms with Gasteiger partial charge in [-0.25, -0.2) is 0 Å². The molecule has 1 aromatic heterocycles. The van der Waals surface area contributed by atoms with Crippen LogP contribution >= 0.6 is 0 Å². The molecule has 23 heavy (non-hydrogen) atoms. The minimum absolute atomic E-state index is 0.158. The van der Waals surface area contributed by atoms with Gasteiger partial charge in [0.2, 0.25) is 11.7 Å². The van der Waals surface area contributed by atoms with Crippen molar-refractivity contribution in [2.45, 2.75) is 32.9 Å². The second-order valence-corrected chi connectivity index (χ2v) is 4.80. The van der Waals surface area contributed by atoms with E-state index in [-0.39, 0.29) is 6.61 Å². The van der Waals surface area contributed by atoms with E-state index in [1.54, 1.807) is 24.3 Å². The van der Waals surface area contributed by atoms with E-state index in [1.165, 1.54) is 6.92 Å². The molecule has 2 rings (SSSR count). The summed E-state index contributed by atoms with van der Waals surface area (Å²) in [5, 5.41) is 14.9. The topological polar surface area (TPSA) is 115 Å². The first-order chi connectivity index (χ1) is 11.0. The highest BCUT2D eigenvalue weighted by Gasteiger charge is 2.15. The van der Waals surface area contributed by atoms with Crippen molar-refractivity contribution in [3.63, 3.8) is 0 Å². The second-order valence-electron chi connectivity index (χ2n) is 4.80. The average Bonchev–Trinajstić information content (AvgIpc) is 3.01. The Labute approximate surface area is 132 Å². The Kier molecular flexibility index (Phi) is 5.29. The lowest BCUT2D eigenvalue weighted by molar-refractivity contribution is -0.138. The highest BCUT2D eigenvalue weighted by Crippen LogP contribution is 2.14. The summed E-state index contributed by atoms with van der Waals surface area (Å²) in [5.41, 5.74) is 0.346. The summed E-state index contributed by atoms with van der Waals surface area (Å²) in [6.45, 7) is 3.46. The SMILES string of the molecule is CCc1nc(COc2ccc(C(=O)N[C@H](C)C(=O)O)cc2)no1. The summed E-state index contributed by atoms with van der Waals surface area (Å²) < 4.78 is 10.5. The van der Waals surface area contributed by atoms with Crippen molar-refractivity contribution in [1.82, 2.24) is 15.5 Å². The predicted molar refractivity (Wildman–Crippen MR) is 79.0 cm³/mol. The molecule has 2 N–H and O–H groups in total. The Morgan fingerprint density at radius 3 is 2.61 bits per heavy atom. The maximum absolute atomic E-state index is 11.8. The Balaban J connectivity index is 1.91. The van der Waals surface area contributed by atoms with Crippen LogP contribution in [-0.2, 0) is 17.8 Å². The first-order valence-electron chi connectivity index (χ1n) is 7.07. The molecule has 0 aliphatic heterocycles. The van der Waals surface area contributed by atoms with Gasteiger partial charge in [-0.2, -0.15) is 4.98 Å². The number of ether oxygens (including phenoxy) is 1. The van der Waals surface area contributed by atoms with Crippen LogP contribution in [0.5, 0.6) is 5.75 Å². The number of benzene rings is 1. The molecular weight excluding hydrogens is 302 g/mol. The lowest BCUT2D eigenvalue weighted by Gasteiger charge is -2.09. The summed E-state index contributed by atoms with van der Waals surface area (Å²) in [5.74, 6) is -0.0279. The van der Waals surface area contributed by atoms with E-state index >= 15 is 0 Å². The van der Waals surface area contributed by atoms with Crippen molar-refractivity contribution in [1.29, 1.82) is 0 Å². The van der Waals surface area contributed by atoms with E-state index < -0.39 is 17.9 Å². The highest BCUT2D eigenvalue weighted by atomic mass is 16.5. The average molecular weight is 319 g/mol. The summed E-state index contributed by atoms with van der Waals surface area (Å²) in [4.78, 5) is 26.7. The quantitative estimate of drug-likeness (QED) is 0.793. The van der Waals surface area contributed by atoms with Gasteiger partial charge in [-0.15, -0.1) is 0 Å². The van der Waals surface area contributed by atoms with Gasteiger partial charge in [-0.3, -0.25) is 9.59 Å². The van der Waals surface area contributed by atoms with Crippen LogP contribution in [0.15, 0.2) is 28.8 Å². The monoisotopic (exact) mass is 319 g/mol. The van der Waals surface area contributed by atoms with E-state index in [9.17, 15) is 9.59 Å². The number of carboxylic acid groups (broad SMARTS) is 1. The van der Waals surface area contributed by atoms with E-state index in [0.717, 1.165) is 0 Å². The number of nitrogens with zero attached hydrogens (tertiary/aromatic N) is 2. The van der Waals surface area contributed by atoms with Gasteiger partial charge in [0.25, 0.3) is 5.91 Å². The van der Waals surface area contributed by atoms with Gasteiger partial charge in [0.1, 0.15) is 11.8 Å². The predicted octanol–water partition coefficient (Wildman–Crippen LogP) is 1.41. The van der Waals surface area contributed by atoms with Gasteiger partial charge in [0.05, 0.1) is 0 Å². The Morgan fingerprint density at radius 2 is 2.04 bits per heavy atom. The number of aliphatic carboxylic acids is 1. The molecule has 0 radical (unpaired) electrons. The number of aromatic nitrogens is 2. The minimum atomic E-state index is -1.09. The summed E-state index contributed by atoms with van der Waals surface area (Å²) in [6.07, 6.45) is 0.658. The molecule has 1 heterocycles. The zero-order valence-electron chi connectivity index (χ0n) is 12.8. The van der Waals surface area contributed by atoms with Crippen LogP contribution in [0.2, 0.25) is 0 Å². The van der Waals surface area contributed by atoms with Gasteiger partial charge in [-0.1, -0.05) is 12.1 Å². The smallest absolute Gasteiger partial charge is 0.325 e. The van der Waals surface area contributed by atoms with Crippen LogP contribution in [0, 0.1) is 0 Å². The van der Waals surface area contributed by atoms with Gasteiger partial charge in [0.15, 0.2) is 6.61 Å². The van der Waals surface area contributed by atoms with E-state index in [4.69, 9.17) is 14.4 Å². The molecule has 0 bridgehead atoms. The largest absolute Gasteiger partial charge is 0.485 e. The maximum atomic E-state index is 11.8. The van der Waals surface area contributed by atoms with Crippen LogP contribution in [0.1, 0.15) is 35.9 Å². The van der Waals surface area contributed by atoms with Crippen LogP contribution in [-0.4, -0.2) is 33.2 Å². The van der Waals surface area contributed by atoms with Crippen LogP contribution in [0.25, 0.3) is 0 Å². The number of nitrogens with one attached hydrogen (secondary N) is 1. The van der Waals surface area contributed by atoms with Crippen LogP contribution in [0.4, 0.5) is 0 Å². The number of carboxylic acids is 1. The normalized spacial score (nSPS) is 11.7. The molecule has 1 atom stereocenters. The number of rotatable bonds is 7. The Hall–Kier alpha value is -2.90. The van der Waals surface area contributed by atoms with E-state index in [0.29, 0.717) is 29.4 Å². The molecule has 0 saturated carbocycles. The maximum Gasteiger partial charge on any atom is 0.325 e. The molecule has 8 heteroatoms. The molecule has 8 nitrogen and oxygen atoms in total. The number of carbonyl (C=O) groups excluding carboxylic acids is 1. The number of aryl methyl sites for hydroxylation is 1. The molecular formula is C15H17N3O5. The third-order valence-corrected chi connectivity index (χ3v) is 3.02. The van der Waals surface area contributed by atoms with Crippen molar-refractivity contribution in [3.05, 3.63) is 41.5 Å². The van der Waals surface area contributed by atoms with Gasteiger partial charge in [-0.05, 0) is 31.2 Å². The molecule has 0 fully saturated rings. The second kappa shape index (κ2) is 7.39. The highest BCUT2D eigenvalue weighted by molar-refractivity contribution is 5.96. The van der Waals surface area contributed by atoms with Gasteiger partial charge < -0.3 is 19.7 Å². The fraction of sp³-hybridized carbons (Fsp3) is 0.333. The number of hydrogen-bond donors (Lipinski definition) is 2. The fourth-order valence-corrected chi connectivity index (χ4v) is 1.68. The fourth-order valence-electron chi connectivity index (χ4n) is 1.68. The molecule has 122 valence electrons. The molecule has 0 spiro atoms. The summed E-state index contributed by atoms with van der Waals surface area (Å²) in [6, 6.07) is 5.37. The third kappa shape index (κ3) is 4.53. The summed E-state index contributed by atoms with van der Waals surface area (Å²) >= 11 is 0.